The number of carbonyl (C=O) groups excluding carboxylic acids is 2. The minimum atomic E-state index is -0.177. The number of aromatic nitrogens is 4. The molecule has 0 spiro atoms. The van der Waals surface area contributed by atoms with Crippen molar-refractivity contribution in [1.29, 1.82) is 0 Å². The number of fused-ring (bicyclic) bond motifs is 2. The van der Waals surface area contributed by atoms with Crippen molar-refractivity contribution < 1.29 is 9.59 Å². The highest BCUT2D eigenvalue weighted by Gasteiger charge is 2.27. The van der Waals surface area contributed by atoms with Crippen LogP contribution in [0.2, 0.25) is 0 Å². The van der Waals surface area contributed by atoms with E-state index in [4.69, 9.17) is 0 Å². The highest BCUT2D eigenvalue weighted by molar-refractivity contribution is 6.04. The topological polar surface area (TPSA) is 85.1 Å². The Morgan fingerprint density at radius 3 is 2.75 bits per heavy atom. The minimum absolute atomic E-state index is 0.102. The largest absolute Gasteiger partial charge is 0.350 e. The second-order valence-corrected chi connectivity index (χ2v) is 7.56. The summed E-state index contributed by atoms with van der Waals surface area (Å²) in [6.07, 6.45) is 0. The Labute approximate surface area is 163 Å². The maximum atomic E-state index is 13.1. The summed E-state index contributed by atoms with van der Waals surface area (Å²) in [5.74, 6) is 0.0988. The average molecular weight is 380 g/mol. The number of para-hydroxylation sites is 1. The summed E-state index contributed by atoms with van der Waals surface area (Å²) in [6, 6.07) is 9.48. The molecule has 2 aromatic heterocycles. The first kappa shape index (κ1) is 18.2. The van der Waals surface area contributed by atoms with Gasteiger partial charge in [-0.15, -0.1) is 0 Å². The highest BCUT2D eigenvalue weighted by Crippen LogP contribution is 2.21. The molecule has 146 valence electrons. The molecule has 0 radical (unpaired) electrons. The van der Waals surface area contributed by atoms with Gasteiger partial charge >= 0.3 is 0 Å². The van der Waals surface area contributed by atoms with E-state index in [1.54, 1.807) is 15.6 Å². The Hall–Kier alpha value is -3.16. The summed E-state index contributed by atoms with van der Waals surface area (Å²) in [5.41, 5.74) is 2.64. The number of benzene rings is 1. The number of nitrogens with zero attached hydrogens (tertiary/aromatic N) is 5. The third kappa shape index (κ3) is 3.26. The first-order valence-corrected chi connectivity index (χ1v) is 9.50. The summed E-state index contributed by atoms with van der Waals surface area (Å²) in [6.45, 7) is 6.20. The van der Waals surface area contributed by atoms with Gasteiger partial charge in [-0.25, -0.2) is 0 Å². The quantitative estimate of drug-likeness (QED) is 0.748. The number of amides is 2. The molecule has 2 amide bonds. The predicted molar refractivity (Wildman–Crippen MR) is 105 cm³/mol. The Kier molecular flexibility index (Phi) is 4.62. The fourth-order valence-electron chi connectivity index (χ4n) is 3.46. The molecule has 28 heavy (non-hydrogen) atoms. The molecular weight excluding hydrogens is 356 g/mol. The molecule has 0 bridgehead atoms. The molecule has 1 N–H and O–H groups in total. The van der Waals surface area contributed by atoms with E-state index in [0.717, 1.165) is 16.6 Å². The van der Waals surface area contributed by atoms with Crippen molar-refractivity contribution in [3.8, 4) is 0 Å². The number of carbonyl (C=O) groups is 2. The van der Waals surface area contributed by atoms with Gasteiger partial charge in [0.2, 0.25) is 0 Å². The standard InChI is InChI=1S/C20H24N6O2/c1-13(2)11-21-19(27)16-10-14-12-25(8-9-26(14)22-16)20(28)18-15-6-4-5-7-17(15)24(3)23-18/h4-7,10,13H,8-9,11-12H2,1-3H3,(H,21,27). The fraction of sp³-hybridized carbons (Fsp3) is 0.400. The summed E-state index contributed by atoms with van der Waals surface area (Å²) in [5, 5.41) is 12.6. The summed E-state index contributed by atoms with van der Waals surface area (Å²) < 4.78 is 3.54. The van der Waals surface area contributed by atoms with Crippen LogP contribution in [-0.2, 0) is 20.1 Å². The normalized spacial score (nSPS) is 13.8. The lowest BCUT2D eigenvalue weighted by atomic mass is 10.2. The molecule has 8 nitrogen and oxygen atoms in total. The SMILES string of the molecule is CC(C)CNC(=O)c1cc2n(n1)CCN(C(=O)c1nn(C)c3ccccc13)C2. The van der Waals surface area contributed by atoms with Crippen LogP contribution >= 0.6 is 0 Å². The molecule has 0 atom stereocenters. The number of nitrogens with one attached hydrogen (secondary N) is 1. The maximum absolute atomic E-state index is 13.1. The zero-order valence-corrected chi connectivity index (χ0v) is 16.3. The molecule has 0 aliphatic carbocycles. The van der Waals surface area contributed by atoms with Crippen LogP contribution in [0.1, 0.15) is 40.5 Å². The van der Waals surface area contributed by atoms with Crippen LogP contribution in [0.15, 0.2) is 30.3 Å². The van der Waals surface area contributed by atoms with E-state index in [1.165, 1.54) is 0 Å². The van der Waals surface area contributed by atoms with Crippen molar-refractivity contribution in [2.75, 3.05) is 13.1 Å². The molecule has 1 aromatic carbocycles. The Bertz CT molecular complexity index is 1050. The molecule has 1 aliphatic rings. The Balaban J connectivity index is 1.54. The zero-order chi connectivity index (χ0) is 19.8. The Morgan fingerprint density at radius 1 is 1.18 bits per heavy atom. The van der Waals surface area contributed by atoms with E-state index in [-0.39, 0.29) is 11.8 Å². The molecule has 8 heteroatoms. The van der Waals surface area contributed by atoms with Crippen LogP contribution in [0.4, 0.5) is 0 Å². The summed E-state index contributed by atoms with van der Waals surface area (Å²) >= 11 is 0. The molecule has 3 heterocycles. The summed E-state index contributed by atoms with van der Waals surface area (Å²) in [7, 11) is 1.84. The zero-order valence-electron chi connectivity index (χ0n) is 16.3. The molecule has 1 aliphatic heterocycles. The van der Waals surface area contributed by atoms with Gasteiger partial charge in [-0.1, -0.05) is 32.0 Å². The van der Waals surface area contributed by atoms with E-state index in [0.29, 0.717) is 43.5 Å². The highest BCUT2D eigenvalue weighted by atomic mass is 16.2. The van der Waals surface area contributed by atoms with E-state index in [1.807, 2.05) is 49.8 Å². The van der Waals surface area contributed by atoms with Gasteiger partial charge in [-0.3, -0.25) is 19.0 Å². The lowest BCUT2D eigenvalue weighted by molar-refractivity contribution is 0.0700. The molecule has 4 rings (SSSR count). The molecular formula is C20H24N6O2. The van der Waals surface area contributed by atoms with Crippen LogP contribution in [0.25, 0.3) is 10.9 Å². The van der Waals surface area contributed by atoms with Crippen molar-refractivity contribution in [1.82, 2.24) is 29.8 Å². The van der Waals surface area contributed by atoms with Gasteiger partial charge in [0.05, 0.1) is 24.3 Å². The monoisotopic (exact) mass is 380 g/mol. The first-order chi connectivity index (χ1) is 13.4. The molecule has 0 saturated heterocycles. The van der Waals surface area contributed by atoms with Crippen molar-refractivity contribution in [2.24, 2.45) is 13.0 Å². The number of hydrogen-bond donors (Lipinski definition) is 1. The smallest absolute Gasteiger partial charge is 0.275 e. The predicted octanol–water partition coefficient (Wildman–Crippen LogP) is 1.81. The maximum Gasteiger partial charge on any atom is 0.275 e. The summed E-state index contributed by atoms with van der Waals surface area (Å²) in [4.78, 5) is 27.1. The second-order valence-electron chi connectivity index (χ2n) is 7.56. The van der Waals surface area contributed by atoms with Crippen molar-refractivity contribution in [3.05, 3.63) is 47.4 Å². The molecule has 0 unspecified atom stereocenters. The van der Waals surface area contributed by atoms with Crippen LogP contribution in [0, 0.1) is 5.92 Å². The molecule has 3 aromatic rings. The minimum Gasteiger partial charge on any atom is -0.350 e. The van der Waals surface area contributed by atoms with Gasteiger partial charge in [0, 0.05) is 25.5 Å². The van der Waals surface area contributed by atoms with Crippen LogP contribution in [0.5, 0.6) is 0 Å². The van der Waals surface area contributed by atoms with Crippen molar-refractivity contribution in [2.45, 2.75) is 26.9 Å². The molecule has 0 saturated carbocycles. The average Bonchev–Trinajstić information content (AvgIpc) is 3.26. The number of aryl methyl sites for hydroxylation is 1. The number of hydrogen-bond acceptors (Lipinski definition) is 4. The van der Waals surface area contributed by atoms with E-state index < -0.39 is 0 Å². The lowest BCUT2D eigenvalue weighted by Gasteiger charge is -2.27. The van der Waals surface area contributed by atoms with Gasteiger partial charge in [-0.05, 0) is 18.1 Å². The van der Waals surface area contributed by atoms with Crippen LogP contribution in [0.3, 0.4) is 0 Å². The van der Waals surface area contributed by atoms with Gasteiger partial charge in [0.25, 0.3) is 11.8 Å². The van der Waals surface area contributed by atoms with Gasteiger partial charge in [0.1, 0.15) is 0 Å². The lowest BCUT2D eigenvalue weighted by Crippen LogP contribution is -2.38. The third-order valence-corrected chi connectivity index (χ3v) is 4.95. The third-order valence-electron chi connectivity index (χ3n) is 4.95. The molecule has 0 fully saturated rings. The van der Waals surface area contributed by atoms with Crippen molar-refractivity contribution >= 4 is 22.7 Å². The van der Waals surface area contributed by atoms with E-state index in [2.05, 4.69) is 15.5 Å². The number of rotatable bonds is 4. The van der Waals surface area contributed by atoms with Crippen molar-refractivity contribution in [3.63, 3.8) is 0 Å². The van der Waals surface area contributed by atoms with Crippen LogP contribution < -0.4 is 5.32 Å². The van der Waals surface area contributed by atoms with Crippen LogP contribution in [-0.4, -0.2) is 49.4 Å². The van der Waals surface area contributed by atoms with Gasteiger partial charge in [0.15, 0.2) is 11.4 Å². The van der Waals surface area contributed by atoms with E-state index in [9.17, 15) is 9.59 Å². The fourth-order valence-corrected chi connectivity index (χ4v) is 3.46. The Morgan fingerprint density at radius 2 is 1.96 bits per heavy atom. The second kappa shape index (κ2) is 7.10. The van der Waals surface area contributed by atoms with Gasteiger partial charge < -0.3 is 10.2 Å². The van der Waals surface area contributed by atoms with E-state index >= 15 is 0 Å². The van der Waals surface area contributed by atoms with Gasteiger partial charge in [-0.2, -0.15) is 10.2 Å². The first-order valence-electron chi connectivity index (χ1n) is 9.50.